The molecular weight excluding hydrogens is 243 g/mol. The van der Waals surface area contributed by atoms with Crippen LogP contribution in [0.1, 0.15) is 31.2 Å². The average molecular weight is 265 g/mol. The molecule has 0 atom stereocenters. The summed E-state index contributed by atoms with van der Waals surface area (Å²) in [6, 6.07) is 4.87. The van der Waals surface area contributed by atoms with E-state index < -0.39 is 0 Å². The van der Waals surface area contributed by atoms with Gasteiger partial charge < -0.3 is 10.2 Å². The molecule has 1 amide bonds. The number of benzene rings is 1. The van der Waals surface area contributed by atoms with Gasteiger partial charge in [0.2, 0.25) is 0 Å². The Bertz CT molecular complexity index is 440. The van der Waals surface area contributed by atoms with Gasteiger partial charge in [-0.3, -0.25) is 4.79 Å². The molecule has 0 radical (unpaired) electrons. The first-order chi connectivity index (χ1) is 9.15. The number of hydrogen-bond donors (Lipinski definition) is 2. The lowest BCUT2D eigenvalue weighted by Gasteiger charge is -2.16. The zero-order valence-corrected chi connectivity index (χ0v) is 11.5. The molecule has 1 fully saturated rings. The van der Waals surface area contributed by atoms with Gasteiger partial charge in [-0.25, -0.2) is 4.39 Å². The average Bonchev–Trinajstić information content (AvgIpc) is 2.61. The third-order valence-corrected chi connectivity index (χ3v) is 3.62. The molecule has 4 heteroatoms. The summed E-state index contributed by atoms with van der Waals surface area (Å²) in [5.41, 5.74) is 1.14. The molecule has 1 aromatic carbocycles. The molecule has 0 spiro atoms. The number of hydrogen-bond acceptors (Lipinski definition) is 1. The van der Waals surface area contributed by atoms with Crippen molar-refractivity contribution in [3.63, 3.8) is 0 Å². The maximum absolute atomic E-state index is 13.6. The van der Waals surface area contributed by atoms with Crippen molar-refractivity contribution in [2.45, 2.75) is 32.6 Å². The van der Waals surface area contributed by atoms with Crippen LogP contribution in [0.3, 0.4) is 0 Å². The van der Waals surface area contributed by atoms with Crippen molar-refractivity contribution >= 4 is 11.6 Å². The Morgan fingerprint density at radius 1 is 1.26 bits per heavy atom. The number of anilines is 1. The molecule has 2 N–H and O–H groups in total. The van der Waals surface area contributed by atoms with Crippen LogP contribution < -0.4 is 10.2 Å². The quantitative estimate of drug-likeness (QED) is 0.854. The fourth-order valence-electron chi connectivity index (χ4n) is 2.55. The predicted octanol–water partition coefficient (Wildman–Crippen LogP) is 1.53. The van der Waals surface area contributed by atoms with E-state index in [1.54, 1.807) is 12.1 Å². The van der Waals surface area contributed by atoms with Gasteiger partial charge in [-0.05, 0) is 50.3 Å². The Kier molecular flexibility index (Phi) is 4.91. The minimum absolute atomic E-state index is 0.0975. The smallest absolute Gasteiger partial charge is 0.279 e. The van der Waals surface area contributed by atoms with Gasteiger partial charge in [0.15, 0.2) is 6.54 Å². The summed E-state index contributed by atoms with van der Waals surface area (Å²) in [4.78, 5) is 13.2. The third kappa shape index (κ3) is 4.31. The van der Waals surface area contributed by atoms with Crippen LogP contribution in [0.5, 0.6) is 0 Å². The molecule has 0 unspecified atom stereocenters. The van der Waals surface area contributed by atoms with Crippen molar-refractivity contribution in [1.29, 1.82) is 0 Å². The lowest BCUT2D eigenvalue weighted by atomic mass is 10.2. The highest BCUT2D eigenvalue weighted by atomic mass is 19.1. The highest BCUT2D eigenvalue weighted by Gasteiger charge is 2.17. The molecule has 0 bridgehead atoms. The SMILES string of the molecule is Cc1ccc(NC(=O)C[NH+]2CCCCCC2)c(F)c1. The molecule has 1 heterocycles. The second-order valence-electron chi connectivity index (χ2n) is 5.37. The van der Waals surface area contributed by atoms with E-state index in [0.29, 0.717) is 6.54 Å². The van der Waals surface area contributed by atoms with Crippen LogP contribution in [-0.2, 0) is 4.79 Å². The summed E-state index contributed by atoms with van der Waals surface area (Å²) in [6.07, 6.45) is 4.89. The van der Waals surface area contributed by atoms with Crippen molar-refractivity contribution in [2.75, 3.05) is 25.0 Å². The van der Waals surface area contributed by atoms with Gasteiger partial charge in [0, 0.05) is 0 Å². The molecule has 104 valence electrons. The number of amides is 1. The van der Waals surface area contributed by atoms with E-state index >= 15 is 0 Å². The molecule has 0 aromatic heterocycles. The lowest BCUT2D eigenvalue weighted by Crippen LogP contribution is -3.12. The monoisotopic (exact) mass is 265 g/mol. The van der Waals surface area contributed by atoms with Gasteiger partial charge >= 0.3 is 0 Å². The van der Waals surface area contributed by atoms with Crippen molar-refractivity contribution in [1.82, 2.24) is 0 Å². The largest absolute Gasteiger partial charge is 0.327 e. The van der Waals surface area contributed by atoms with Gasteiger partial charge in [0.1, 0.15) is 5.82 Å². The topological polar surface area (TPSA) is 33.5 Å². The van der Waals surface area contributed by atoms with Crippen molar-refractivity contribution in [3.8, 4) is 0 Å². The number of nitrogens with one attached hydrogen (secondary N) is 2. The van der Waals surface area contributed by atoms with Gasteiger partial charge in [-0.1, -0.05) is 6.07 Å². The van der Waals surface area contributed by atoms with Crippen LogP contribution in [0.15, 0.2) is 18.2 Å². The molecule has 1 saturated heterocycles. The number of likely N-dealkylation sites (tertiary alicyclic amines) is 1. The van der Waals surface area contributed by atoms with Crippen LogP contribution in [0.4, 0.5) is 10.1 Å². The van der Waals surface area contributed by atoms with E-state index in [4.69, 9.17) is 0 Å². The number of carbonyl (C=O) groups is 1. The zero-order chi connectivity index (χ0) is 13.7. The Morgan fingerprint density at radius 3 is 2.58 bits per heavy atom. The number of halogens is 1. The number of rotatable bonds is 3. The van der Waals surface area contributed by atoms with E-state index in [1.807, 2.05) is 6.92 Å². The summed E-state index contributed by atoms with van der Waals surface area (Å²) in [5, 5.41) is 2.67. The summed E-state index contributed by atoms with van der Waals surface area (Å²) in [6.45, 7) is 4.36. The maximum Gasteiger partial charge on any atom is 0.279 e. The fraction of sp³-hybridized carbons (Fsp3) is 0.533. The third-order valence-electron chi connectivity index (χ3n) is 3.62. The van der Waals surface area contributed by atoms with E-state index in [0.717, 1.165) is 18.7 Å². The summed E-state index contributed by atoms with van der Waals surface area (Å²) >= 11 is 0. The maximum atomic E-state index is 13.6. The van der Waals surface area contributed by atoms with E-state index in [1.165, 1.54) is 36.6 Å². The Labute approximate surface area is 113 Å². The highest BCUT2D eigenvalue weighted by Crippen LogP contribution is 2.14. The number of aryl methyl sites for hydroxylation is 1. The van der Waals surface area contributed by atoms with Crippen LogP contribution >= 0.6 is 0 Å². The molecule has 1 aliphatic heterocycles. The van der Waals surface area contributed by atoms with Gasteiger partial charge in [-0.2, -0.15) is 0 Å². The van der Waals surface area contributed by atoms with Crippen molar-refractivity contribution in [3.05, 3.63) is 29.6 Å². The Morgan fingerprint density at radius 2 is 1.95 bits per heavy atom. The Hall–Kier alpha value is -1.42. The second-order valence-corrected chi connectivity index (χ2v) is 5.37. The normalized spacial score (nSPS) is 16.9. The second kappa shape index (κ2) is 6.66. The highest BCUT2D eigenvalue weighted by molar-refractivity contribution is 5.91. The molecule has 3 nitrogen and oxygen atoms in total. The van der Waals surface area contributed by atoms with Crippen LogP contribution in [0.25, 0.3) is 0 Å². The molecule has 1 aromatic rings. The molecule has 1 aliphatic rings. The predicted molar refractivity (Wildman–Crippen MR) is 73.8 cm³/mol. The van der Waals surface area contributed by atoms with Crippen LogP contribution in [0.2, 0.25) is 0 Å². The first-order valence-electron chi connectivity index (χ1n) is 7.05. The minimum atomic E-state index is -0.362. The van der Waals surface area contributed by atoms with E-state index in [2.05, 4.69) is 5.32 Å². The van der Waals surface area contributed by atoms with Gasteiger partial charge in [0.25, 0.3) is 5.91 Å². The fourth-order valence-corrected chi connectivity index (χ4v) is 2.55. The van der Waals surface area contributed by atoms with Crippen molar-refractivity contribution < 1.29 is 14.1 Å². The van der Waals surface area contributed by atoms with Crippen LogP contribution in [0, 0.1) is 12.7 Å². The standard InChI is InChI=1S/C15H21FN2O/c1-12-6-7-14(13(16)10-12)17-15(19)11-18-8-4-2-3-5-9-18/h6-7,10H,2-5,8-9,11H2,1H3,(H,17,19)/p+1. The van der Waals surface area contributed by atoms with E-state index in [9.17, 15) is 9.18 Å². The van der Waals surface area contributed by atoms with Crippen LogP contribution in [-0.4, -0.2) is 25.5 Å². The zero-order valence-electron chi connectivity index (χ0n) is 11.5. The summed E-state index contributed by atoms with van der Waals surface area (Å²) in [7, 11) is 0. The Balaban J connectivity index is 1.89. The number of carbonyl (C=O) groups excluding carboxylic acids is 1. The first-order valence-corrected chi connectivity index (χ1v) is 7.05. The molecule has 2 rings (SSSR count). The first kappa shape index (κ1) is 14.0. The van der Waals surface area contributed by atoms with Crippen molar-refractivity contribution in [2.24, 2.45) is 0 Å². The minimum Gasteiger partial charge on any atom is -0.327 e. The molecule has 19 heavy (non-hydrogen) atoms. The number of quaternary nitrogens is 1. The van der Waals surface area contributed by atoms with E-state index in [-0.39, 0.29) is 17.4 Å². The summed E-state index contributed by atoms with van der Waals surface area (Å²) < 4.78 is 13.6. The van der Waals surface area contributed by atoms with Gasteiger partial charge in [0.05, 0.1) is 18.8 Å². The molecule has 0 saturated carbocycles. The molecule has 0 aliphatic carbocycles. The lowest BCUT2D eigenvalue weighted by molar-refractivity contribution is -0.890. The molecular formula is C15H22FN2O+. The summed E-state index contributed by atoms with van der Waals surface area (Å²) in [5.74, 6) is -0.459. The van der Waals surface area contributed by atoms with Gasteiger partial charge in [-0.15, -0.1) is 0 Å².